The summed E-state index contributed by atoms with van der Waals surface area (Å²) in [5, 5.41) is 1.17. The van der Waals surface area contributed by atoms with E-state index < -0.39 is 0 Å². The predicted molar refractivity (Wildman–Crippen MR) is 44.0 cm³/mol. The Balaban J connectivity index is 2.83. The van der Waals surface area contributed by atoms with Crippen molar-refractivity contribution in [1.29, 1.82) is 0 Å². The van der Waals surface area contributed by atoms with E-state index in [2.05, 4.69) is 31.6 Å². The summed E-state index contributed by atoms with van der Waals surface area (Å²) < 4.78 is 0.940. The summed E-state index contributed by atoms with van der Waals surface area (Å²) >= 11 is 5.79. The Morgan fingerprint density at radius 2 is 1.89 bits per heavy atom. The van der Waals surface area contributed by atoms with Gasteiger partial charge in [0.15, 0.2) is 0 Å². The van der Waals surface area contributed by atoms with Gasteiger partial charge >= 0.3 is 72.9 Å². The molecule has 0 aliphatic heterocycles. The van der Waals surface area contributed by atoms with Crippen molar-refractivity contribution in [3.63, 3.8) is 0 Å². The van der Waals surface area contributed by atoms with Gasteiger partial charge in [0.05, 0.1) is 0 Å². The summed E-state index contributed by atoms with van der Waals surface area (Å²) in [6.07, 6.45) is 4.84. The van der Waals surface area contributed by atoms with Crippen molar-refractivity contribution < 1.29 is 0 Å². The molecule has 0 fully saturated rings. The topological polar surface area (TPSA) is 26.0 Å². The molecule has 0 bridgehead atoms. The molecule has 9 heavy (non-hydrogen) atoms. The summed E-state index contributed by atoms with van der Waals surface area (Å²) in [4.78, 5) is 0. The first-order valence-electron chi connectivity index (χ1n) is 3.14. The van der Waals surface area contributed by atoms with Crippen LogP contribution >= 0.6 is 0 Å². The summed E-state index contributed by atoms with van der Waals surface area (Å²) in [7, 11) is 0. The normalized spacial score (nSPS) is 9.44. The van der Waals surface area contributed by atoms with Crippen LogP contribution in [0.15, 0.2) is 0 Å². The van der Waals surface area contributed by atoms with Crippen LogP contribution in [-0.4, -0.2) is 36.1 Å². The van der Waals surface area contributed by atoms with Crippen molar-refractivity contribution in [3.05, 3.63) is 0 Å². The van der Waals surface area contributed by atoms with Crippen molar-refractivity contribution in [2.45, 2.75) is 31.0 Å². The van der Waals surface area contributed by atoms with E-state index in [1.54, 1.807) is 0 Å². The van der Waals surface area contributed by atoms with E-state index in [4.69, 9.17) is 5.73 Å². The average molecular weight is 256 g/mol. The van der Waals surface area contributed by atoms with E-state index in [0.29, 0.717) is 0 Å². The van der Waals surface area contributed by atoms with Gasteiger partial charge in [0.25, 0.3) is 0 Å². The Kier molecular flexibility index (Phi) is 7.36. The van der Waals surface area contributed by atoms with Crippen LogP contribution in [0.2, 0.25) is 5.32 Å². The van der Waals surface area contributed by atoms with Crippen LogP contribution in [0.3, 0.4) is 0 Å². The Morgan fingerprint density at radius 3 is 2.33 bits per heavy atom. The molecule has 0 atom stereocenters. The van der Waals surface area contributed by atoms with Crippen LogP contribution in [0.4, 0.5) is 0 Å². The van der Waals surface area contributed by atoms with Gasteiger partial charge in [-0.3, -0.25) is 0 Å². The van der Waals surface area contributed by atoms with Crippen LogP contribution in [0.1, 0.15) is 25.7 Å². The number of rotatable bonds is 5. The Hall–Kier alpha value is 0.709. The van der Waals surface area contributed by atoms with E-state index in [9.17, 15) is 0 Å². The molecular weight excluding hydrogens is 244 g/mol. The first kappa shape index (κ1) is 9.71. The van der Waals surface area contributed by atoms with Crippen LogP contribution in [0, 0.1) is 0 Å². The van der Waals surface area contributed by atoms with E-state index in [-0.39, 0.29) is 0 Å². The molecule has 0 spiro atoms. The molecule has 0 heterocycles. The molecule has 0 unspecified atom stereocenters. The zero-order chi connectivity index (χ0) is 7.11. The van der Waals surface area contributed by atoms with E-state index in [1.165, 1.54) is 24.6 Å². The van der Waals surface area contributed by atoms with E-state index in [1.807, 2.05) is 0 Å². The zero-order valence-electron chi connectivity index (χ0n) is 5.43. The molecule has 0 aromatic rings. The number of hydrogen-bond acceptors (Lipinski definition) is 1. The standard InChI is InChI=1S/C6H12NSe2/c7-6(9)4-2-1-3-5-8/h1-5H2,(H2,7,9). The quantitative estimate of drug-likeness (QED) is 0.559. The van der Waals surface area contributed by atoms with Crippen molar-refractivity contribution in [3.8, 4) is 0 Å². The fourth-order valence-corrected chi connectivity index (χ4v) is 1.31. The van der Waals surface area contributed by atoms with Gasteiger partial charge in [0.2, 0.25) is 0 Å². The van der Waals surface area contributed by atoms with Crippen molar-refractivity contribution in [2.24, 2.45) is 5.73 Å². The molecule has 0 saturated carbocycles. The summed E-state index contributed by atoms with van der Waals surface area (Å²) in [6.45, 7) is 0. The van der Waals surface area contributed by atoms with E-state index in [0.717, 1.165) is 11.0 Å². The van der Waals surface area contributed by atoms with Crippen molar-refractivity contribution in [2.75, 3.05) is 0 Å². The average Bonchev–Trinajstić information content (AvgIpc) is 1.80. The fraction of sp³-hybridized carbons (Fsp3) is 0.833. The molecule has 0 amide bonds. The summed E-state index contributed by atoms with van der Waals surface area (Å²) in [5.74, 6) is 0. The Morgan fingerprint density at radius 1 is 1.22 bits per heavy atom. The SMILES string of the molecule is NC(=[Se])CCCCC[Se]. The number of hydrogen-bond donors (Lipinski definition) is 1. The van der Waals surface area contributed by atoms with Gasteiger partial charge in [0, 0.05) is 0 Å². The first-order valence-corrected chi connectivity index (χ1v) is 5.20. The third-order valence-electron chi connectivity index (χ3n) is 1.07. The minimum atomic E-state index is 0.940. The van der Waals surface area contributed by atoms with Crippen LogP contribution in [0.5, 0.6) is 0 Å². The van der Waals surface area contributed by atoms with Crippen molar-refractivity contribution in [1.82, 2.24) is 0 Å². The molecule has 0 aliphatic carbocycles. The second-order valence-corrected chi connectivity index (χ2v) is 3.94. The molecule has 0 aromatic heterocycles. The maximum atomic E-state index is 5.43. The Labute approximate surface area is 72.9 Å². The minimum absolute atomic E-state index is 0.940. The molecule has 2 N–H and O–H groups in total. The van der Waals surface area contributed by atoms with Crippen LogP contribution in [0.25, 0.3) is 0 Å². The fourth-order valence-electron chi connectivity index (χ4n) is 0.578. The molecule has 0 saturated heterocycles. The number of nitrogens with two attached hydrogens (primary N) is 1. The van der Waals surface area contributed by atoms with Gasteiger partial charge in [-0.1, -0.05) is 0 Å². The van der Waals surface area contributed by atoms with Gasteiger partial charge in [0.1, 0.15) is 0 Å². The zero-order valence-corrected chi connectivity index (χ0v) is 8.86. The second-order valence-electron chi connectivity index (χ2n) is 1.98. The third-order valence-corrected chi connectivity index (χ3v) is 2.10. The molecule has 0 aromatic carbocycles. The molecule has 53 valence electrons. The van der Waals surface area contributed by atoms with Crippen LogP contribution < -0.4 is 5.73 Å². The second kappa shape index (κ2) is 6.82. The van der Waals surface area contributed by atoms with Gasteiger partial charge in [-0.2, -0.15) is 0 Å². The van der Waals surface area contributed by atoms with Gasteiger partial charge in [-0.25, -0.2) is 0 Å². The molecule has 1 nitrogen and oxygen atoms in total. The summed E-state index contributed by atoms with van der Waals surface area (Å²) in [6, 6.07) is 0. The molecule has 3 heteroatoms. The van der Waals surface area contributed by atoms with Gasteiger partial charge < -0.3 is 0 Å². The van der Waals surface area contributed by atoms with Gasteiger partial charge in [-0.05, 0) is 0 Å². The van der Waals surface area contributed by atoms with E-state index >= 15 is 0 Å². The van der Waals surface area contributed by atoms with Crippen LogP contribution in [-0.2, 0) is 0 Å². The molecule has 1 radical (unpaired) electrons. The third kappa shape index (κ3) is 8.71. The number of unbranched alkanes of at least 4 members (excludes halogenated alkanes) is 2. The first-order chi connectivity index (χ1) is 4.27. The molecule has 0 aliphatic rings. The predicted octanol–water partition coefficient (Wildman–Crippen LogP) is 0.391. The molecular formula is C6H12NSe2. The molecule has 0 rings (SSSR count). The van der Waals surface area contributed by atoms with Crippen molar-refractivity contribution >= 4 is 36.1 Å². The monoisotopic (exact) mass is 258 g/mol. The Bertz CT molecular complexity index is 83.1. The maximum absolute atomic E-state index is 5.43. The van der Waals surface area contributed by atoms with Gasteiger partial charge in [-0.15, -0.1) is 0 Å². The summed E-state index contributed by atoms with van der Waals surface area (Å²) in [5.41, 5.74) is 5.43.